The number of thioether (sulfide) groups is 1. The van der Waals surface area contributed by atoms with Crippen molar-refractivity contribution in [3.63, 3.8) is 0 Å². The number of para-hydroxylation sites is 1. The Kier molecular flexibility index (Phi) is 6.86. The molecule has 0 fully saturated rings. The molecule has 31 heavy (non-hydrogen) atoms. The molecule has 8 heteroatoms. The van der Waals surface area contributed by atoms with E-state index in [0.29, 0.717) is 6.54 Å². The number of carbonyl (C=O) groups excluding carboxylic acids is 1. The lowest BCUT2D eigenvalue weighted by Crippen LogP contribution is -2.24. The van der Waals surface area contributed by atoms with Crippen molar-refractivity contribution in [2.45, 2.75) is 44.0 Å². The molecule has 0 radical (unpaired) electrons. The Hall–Kier alpha value is -2.87. The molecule has 0 bridgehead atoms. The molecular formula is C23H23F2N3O2S. The highest BCUT2D eigenvalue weighted by Crippen LogP contribution is 2.30. The quantitative estimate of drug-likeness (QED) is 0.510. The third-order valence-electron chi connectivity index (χ3n) is 5.09. The van der Waals surface area contributed by atoms with Crippen LogP contribution in [0.1, 0.15) is 29.8 Å². The monoisotopic (exact) mass is 443 g/mol. The van der Waals surface area contributed by atoms with E-state index < -0.39 is 6.61 Å². The first-order valence-corrected chi connectivity index (χ1v) is 11.2. The topological polar surface area (TPSA) is 56.2 Å². The van der Waals surface area contributed by atoms with Gasteiger partial charge in [-0.05, 0) is 55.5 Å². The summed E-state index contributed by atoms with van der Waals surface area (Å²) in [6.07, 6.45) is 4.26. The first kappa shape index (κ1) is 21.4. The first-order chi connectivity index (χ1) is 15.1. The number of aryl methyl sites for hydroxylation is 1. The maximum atomic E-state index is 12.4. The molecule has 0 atom stereocenters. The summed E-state index contributed by atoms with van der Waals surface area (Å²) in [5.74, 6) is 0.228. The number of imidazole rings is 1. The molecule has 162 valence electrons. The van der Waals surface area contributed by atoms with Gasteiger partial charge in [-0.3, -0.25) is 9.36 Å². The van der Waals surface area contributed by atoms with Gasteiger partial charge in [-0.25, -0.2) is 4.98 Å². The molecule has 3 aromatic rings. The molecule has 0 saturated heterocycles. The van der Waals surface area contributed by atoms with E-state index >= 15 is 0 Å². The highest BCUT2D eigenvalue weighted by molar-refractivity contribution is 7.99. The molecule has 1 heterocycles. The highest BCUT2D eigenvalue weighted by atomic mass is 32.2. The van der Waals surface area contributed by atoms with E-state index in [0.717, 1.165) is 47.8 Å². The number of nitrogens with zero attached hydrogens (tertiary/aromatic N) is 2. The Bertz CT molecular complexity index is 1020. The zero-order valence-electron chi connectivity index (χ0n) is 16.9. The lowest BCUT2D eigenvalue weighted by Gasteiger charge is -2.15. The zero-order valence-corrected chi connectivity index (χ0v) is 17.7. The van der Waals surface area contributed by atoms with Crippen LogP contribution in [-0.4, -0.2) is 27.8 Å². The lowest BCUT2D eigenvalue weighted by atomic mass is 10.0. The first-order valence-electron chi connectivity index (χ1n) is 10.2. The fourth-order valence-electron chi connectivity index (χ4n) is 3.63. The van der Waals surface area contributed by atoms with Gasteiger partial charge in [-0.15, -0.1) is 0 Å². The van der Waals surface area contributed by atoms with E-state index in [1.54, 1.807) is 12.1 Å². The van der Waals surface area contributed by atoms with Crippen molar-refractivity contribution in [2.24, 2.45) is 0 Å². The molecule has 0 aliphatic heterocycles. The number of halogens is 2. The fourth-order valence-corrected chi connectivity index (χ4v) is 4.51. The molecule has 1 aliphatic rings. The van der Waals surface area contributed by atoms with Crippen LogP contribution in [0.3, 0.4) is 0 Å². The number of aromatic nitrogens is 2. The molecular weight excluding hydrogens is 420 g/mol. The summed E-state index contributed by atoms with van der Waals surface area (Å²) in [7, 11) is 0. The third kappa shape index (κ3) is 5.44. The Morgan fingerprint density at radius 2 is 1.84 bits per heavy atom. The summed E-state index contributed by atoms with van der Waals surface area (Å²) >= 11 is 1.42. The van der Waals surface area contributed by atoms with Crippen LogP contribution in [0, 0.1) is 0 Å². The fraction of sp³-hybridized carbons (Fsp3) is 0.304. The van der Waals surface area contributed by atoms with Crippen molar-refractivity contribution in [1.82, 2.24) is 14.9 Å². The summed E-state index contributed by atoms with van der Waals surface area (Å²) in [4.78, 5) is 17.2. The minimum atomic E-state index is -2.85. The number of rotatable bonds is 8. The molecule has 1 aromatic heterocycles. The average Bonchev–Trinajstić information content (AvgIpc) is 3.16. The second-order valence-electron chi connectivity index (χ2n) is 7.25. The van der Waals surface area contributed by atoms with Crippen LogP contribution in [-0.2, 0) is 24.2 Å². The molecule has 2 aromatic carbocycles. The molecule has 1 aliphatic carbocycles. The molecule has 1 amide bonds. The van der Waals surface area contributed by atoms with Crippen molar-refractivity contribution in [3.05, 3.63) is 71.5 Å². The number of carbonyl (C=O) groups is 1. The van der Waals surface area contributed by atoms with Gasteiger partial charge in [-0.1, -0.05) is 42.1 Å². The second-order valence-corrected chi connectivity index (χ2v) is 8.20. The van der Waals surface area contributed by atoms with E-state index in [2.05, 4.69) is 26.8 Å². The van der Waals surface area contributed by atoms with Crippen molar-refractivity contribution in [2.75, 3.05) is 5.75 Å². The summed E-state index contributed by atoms with van der Waals surface area (Å²) in [6.45, 7) is -2.53. The summed E-state index contributed by atoms with van der Waals surface area (Å²) in [5, 5.41) is 3.70. The van der Waals surface area contributed by atoms with E-state index in [-0.39, 0.29) is 17.4 Å². The van der Waals surface area contributed by atoms with Crippen LogP contribution in [0.25, 0.3) is 5.69 Å². The van der Waals surface area contributed by atoms with Crippen LogP contribution in [0.4, 0.5) is 8.78 Å². The maximum Gasteiger partial charge on any atom is 0.387 e. The number of hydrogen-bond acceptors (Lipinski definition) is 4. The predicted molar refractivity (Wildman–Crippen MR) is 116 cm³/mol. The van der Waals surface area contributed by atoms with Crippen molar-refractivity contribution >= 4 is 17.7 Å². The SMILES string of the molecule is O=C(CSc1nc2c(n1-c1ccccc1)CCCC2)NCc1ccc(OC(F)F)cc1. The average molecular weight is 444 g/mol. The van der Waals surface area contributed by atoms with Gasteiger partial charge < -0.3 is 10.1 Å². The molecule has 0 unspecified atom stereocenters. The Balaban J connectivity index is 1.38. The van der Waals surface area contributed by atoms with Gasteiger partial charge in [-0.2, -0.15) is 8.78 Å². The van der Waals surface area contributed by atoms with Gasteiger partial charge >= 0.3 is 6.61 Å². The van der Waals surface area contributed by atoms with E-state index in [9.17, 15) is 13.6 Å². The van der Waals surface area contributed by atoms with Crippen LogP contribution in [0.5, 0.6) is 5.75 Å². The Morgan fingerprint density at radius 3 is 2.58 bits per heavy atom. The van der Waals surface area contributed by atoms with Gasteiger partial charge in [0.1, 0.15) is 5.75 Å². The largest absolute Gasteiger partial charge is 0.435 e. The number of amides is 1. The standard InChI is InChI=1S/C23H23F2N3O2S/c24-22(25)30-18-12-10-16(11-13-18)14-26-21(29)15-31-23-27-19-8-4-5-9-20(19)28(23)17-6-2-1-3-7-17/h1-3,6-7,10-13,22H,4-5,8-9,14-15H2,(H,26,29). The number of benzene rings is 2. The number of nitrogens with one attached hydrogen (secondary N) is 1. The molecule has 1 N–H and O–H groups in total. The van der Waals surface area contributed by atoms with Crippen molar-refractivity contribution in [1.29, 1.82) is 0 Å². The minimum absolute atomic E-state index is 0.0948. The number of ether oxygens (including phenoxy) is 1. The molecule has 0 saturated carbocycles. The van der Waals surface area contributed by atoms with Crippen molar-refractivity contribution in [3.8, 4) is 11.4 Å². The molecule has 0 spiro atoms. The molecule has 4 rings (SSSR count). The van der Waals surface area contributed by atoms with E-state index in [1.807, 2.05) is 18.2 Å². The van der Waals surface area contributed by atoms with Crippen LogP contribution in [0.2, 0.25) is 0 Å². The van der Waals surface area contributed by atoms with Gasteiger partial charge in [0.05, 0.1) is 11.4 Å². The number of fused-ring (bicyclic) bond motifs is 1. The van der Waals surface area contributed by atoms with Gasteiger partial charge in [0.2, 0.25) is 5.91 Å². The second kappa shape index (κ2) is 9.96. The third-order valence-corrected chi connectivity index (χ3v) is 6.03. The summed E-state index contributed by atoms with van der Waals surface area (Å²) in [6, 6.07) is 16.3. The minimum Gasteiger partial charge on any atom is -0.435 e. The van der Waals surface area contributed by atoms with Crippen LogP contribution < -0.4 is 10.1 Å². The van der Waals surface area contributed by atoms with Gasteiger partial charge in [0.15, 0.2) is 5.16 Å². The maximum absolute atomic E-state index is 12.4. The zero-order chi connectivity index (χ0) is 21.6. The van der Waals surface area contributed by atoms with Crippen molar-refractivity contribution < 1.29 is 18.3 Å². The number of alkyl halides is 2. The molecule has 5 nitrogen and oxygen atoms in total. The Morgan fingerprint density at radius 1 is 1.10 bits per heavy atom. The summed E-state index contributed by atoms with van der Waals surface area (Å²) in [5.41, 5.74) is 4.24. The Labute approximate surface area is 183 Å². The van der Waals surface area contributed by atoms with Crippen LogP contribution >= 0.6 is 11.8 Å². The van der Waals surface area contributed by atoms with Gasteiger partial charge in [0.25, 0.3) is 0 Å². The normalized spacial score (nSPS) is 13.1. The number of hydrogen-bond donors (Lipinski definition) is 1. The summed E-state index contributed by atoms with van der Waals surface area (Å²) < 4.78 is 31.0. The van der Waals surface area contributed by atoms with E-state index in [1.165, 1.54) is 29.6 Å². The lowest BCUT2D eigenvalue weighted by molar-refractivity contribution is -0.118. The van der Waals surface area contributed by atoms with Crippen LogP contribution in [0.15, 0.2) is 59.8 Å². The highest BCUT2D eigenvalue weighted by Gasteiger charge is 2.21. The predicted octanol–water partition coefficient (Wildman–Crippen LogP) is 4.76. The smallest absolute Gasteiger partial charge is 0.387 e. The van der Waals surface area contributed by atoms with E-state index in [4.69, 9.17) is 4.98 Å². The van der Waals surface area contributed by atoms with Gasteiger partial charge in [0, 0.05) is 17.9 Å².